The standard InChI is InChI=1S/C22H20N6O4/c1-13(2)31-16-10-8-14(9-11-16)20-23-17(32-25-20)12-27-19-18(24-26-27)21(29)28(22(19)30)15-6-4-3-5-7-15/h3-11,13,18-19H,12H2,1-2H3/t18-,19-/m1/s1. The highest BCUT2D eigenvalue weighted by Crippen LogP contribution is 2.32. The molecule has 0 spiro atoms. The number of aromatic nitrogens is 2. The number of amides is 2. The highest BCUT2D eigenvalue weighted by Gasteiger charge is 2.55. The molecule has 0 aliphatic carbocycles. The Hall–Kier alpha value is -4.08. The maximum absolute atomic E-state index is 13.0. The largest absolute Gasteiger partial charge is 0.491 e. The van der Waals surface area contributed by atoms with Crippen molar-refractivity contribution in [1.29, 1.82) is 0 Å². The predicted molar refractivity (Wildman–Crippen MR) is 112 cm³/mol. The number of fused-ring (bicyclic) bond motifs is 1. The molecular weight excluding hydrogens is 412 g/mol. The Morgan fingerprint density at radius 1 is 1.03 bits per heavy atom. The van der Waals surface area contributed by atoms with Crippen molar-refractivity contribution < 1.29 is 18.8 Å². The third-order valence-corrected chi connectivity index (χ3v) is 5.12. The molecule has 162 valence electrons. The first-order valence-electron chi connectivity index (χ1n) is 10.2. The summed E-state index contributed by atoms with van der Waals surface area (Å²) in [6.45, 7) is 3.98. The molecule has 2 aliphatic heterocycles. The van der Waals surface area contributed by atoms with E-state index in [2.05, 4.69) is 20.5 Å². The zero-order valence-electron chi connectivity index (χ0n) is 17.5. The van der Waals surface area contributed by atoms with Crippen LogP contribution in [-0.2, 0) is 16.1 Å². The molecule has 0 radical (unpaired) electrons. The van der Waals surface area contributed by atoms with Gasteiger partial charge in [0.1, 0.15) is 12.3 Å². The first kappa shape index (κ1) is 19.9. The van der Waals surface area contributed by atoms with Crippen LogP contribution in [0, 0.1) is 0 Å². The van der Waals surface area contributed by atoms with Gasteiger partial charge in [-0.15, -0.1) is 0 Å². The van der Waals surface area contributed by atoms with Gasteiger partial charge in [-0.1, -0.05) is 28.6 Å². The molecule has 32 heavy (non-hydrogen) atoms. The molecule has 2 aromatic carbocycles. The number of hydrogen-bond acceptors (Lipinski definition) is 9. The summed E-state index contributed by atoms with van der Waals surface area (Å²) in [6.07, 6.45) is 0.0825. The molecule has 0 N–H and O–H groups in total. The van der Waals surface area contributed by atoms with Crippen molar-refractivity contribution in [2.24, 2.45) is 10.3 Å². The highest BCUT2D eigenvalue weighted by atomic mass is 16.5. The van der Waals surface area contributed by atoms with E-state index < -0.39 is 18.0 Å². The minimum atomic E-state index is -0.876. The van der Waals surface area contributed by atoms with Crippen molar-refractivity contribution >= 4 is 17.5 Å². The Balaban J connectivity index is 1.31. The average molecular weight is 432 g/mol. The van der Waals surface area contributed by atoms with Gasteiger partial charge in [0, 0.05) is 5.56 Å². The van der Waals surface area contributed by atoms with Gasteiger partial charge in [0.2, 0.25) is 11.7 Å². The smallest absolute Gasteiger partial charge is 0.263 e. The van der Waals surface area contributed by atoms with Crippen LogP contribution >= 0.6 is 0 Å². The molecule has 10 nitrogen and oxygen atoms in total. The van der Waals surface area contributed by atoms with Crippen LogP contribution in [0.5, 0.6) is 5.75 Å². The van der Waals surface area contributed by atoms with Gasteiger partial charge in [-0.2, -0.15) is 10.1 Å². The molecule has 0 saturated carbocycles. The molecule has 1 fully saturated rings. The summed E-state index contributed by atoms with van der Waals surface area (Å²) in [5.74, 6) is 0.650. The van der Waals surface area contributed by atoms with Gasteiger partial charge in [-0.3, -0.25) is 14.6 Å². The monoisotopic (exact) mass is 432 g/mol. The maximum Gasteiger partial charge on any atom is 0.263 e. The Labute approximate surface area is 183 Å². The number of benzene rings is 2. The second-order valence-electron chi connectivity index (χ2n) is 7.74. The van der Waals surface area contributed by atoms with Crippen LogP contribution in [0.4, 0.5) is 5.69 Å². The lowest BCUT2D eigenvalue weighted by Crippen LogP contribution is -2.39. The molecule has 3 heterocycles. The van der Waals surface area contributed by atoms with Gasteiger partial charge in [-0.05, 0) is 50.2 Å². The molecule has 2 amide bonds. The van der Waals surface area contributed by atoms with Crippen LogP contribution in [0.3, 0.4) is 0 Å². The van der Waals surface area contributed by atoms with E-state index in [4.69, 9.17) is 9.26 Å². The number of hydrogen-bond donors (Lipinski definition) is 0. The first-order valence-corrected chi connectivity index (χ1v) is 10.2. The van der Waals surface area contributed by atoms with Gasteiger partial charge in [0.25, 0.3) is 11.8 Å². The molecular formula is C22H20N6O4. The molecule has 2 atom stereocenters. The Kier molecular flexibility index (Phi) is 4.89. The minimum Gasteiger partial charge on any atom is -0.491 e. The van der Waals surface area contributed by atoms with E-state index in [1.807, 2.05) is 44.2 Å². The molecule has 1 aromatic heterocycles. The molecule has 0 unspecified atom stereocenters. The molecule has 0 bridgehead atoms. The van der Waals surface area contributed by atoms with E-state index in [-0.39, 0.29) is 24.4 Å². The number of para-hydroxylation sites is 1. The number of anilines is 1. The minimum absolute atomic E-state index is 0.0634. The third-order valence-electron chi connectivity index (χ3n) is 5.12. The van der Waals surface area contributed by atoms with Gasteiger partial charge in [-0.25, -0.2) is 4.90 Å². The summed E-state index contributed by atoms with van der Waals surface area (Å²) in [5, 5.41) is 13.5. The van der Waals surface area contributed by atoms with Crippen LogP contribution in [0.2, 0.25) is 0 Å². The van der Waals surface area contributed by atoms with Crippen LogP contribution in [0.1, 0.15) is 19.7 Å². The van der Waals surface area contributed by atoms with Crippen molar-refractivity contribution in [3.05, 3.63) is 60.5 Å². The lowest BCUT2D eigenvalue weighted by molar-refractivity contribution is -0.123. The number of imide groups is 1. The van der Waals surface area contributed by atoms with Gasteiger partial charge >= 0.3 is 0 Å². The average Bonchev–Trinajstić information content (AvgIpc) is 3.47. The third kappa shape index (κ3) is 3.49. The number of carbonyl (C=O) groups excluding carboxylic acids is 2. The summed E-state index contributed by atoms with van der Waals surface area (Å²) in [4.78, 5) is 31.3. The van der Waals surface area contributed by atoms with Crippen molar-refractivity contribution in [2.45, 2.75) is 38.6 Å². The summed E-state index contributed by atoms with van der Waals surface area (Å²) in [6, 6.07) is 14.4. The van der Waals surface area contributed by atoms with Crippen LogP contribution in [0.15, 0.2) is 69.5 Å². The number of ether oxygens (including phenoxy) is 1. The number of rotatable bonds is 6. The predicted octanol–water partition coefficient (Wildman–Crippen LogP) is 3.02. The van der Waals surface area contributed by atoms with E-state index in [9.17, 15) is 9.59 Å². The number of carbonyl (C=O) groups is 2. The van der Waals surface area contributed by atoms with Crippen molar-refractivity contribution in [3.63, 3.8) is 0 Å². The van der Waals surface area contributed by atoms with E-state index in [1.54, 1.807) is 24.3 Å². The molecule has 10 heteroatoms. The van der Waals surface area contributed by atoms with E-state index in [0.717, 1.165) is 16.2 Å². The lowest BCUT2D eigenvalue weighted by Gasteiger charge is -2.19. The normalized spacial score (nSPS) is 19.8. The fraction of sp³-hybridized carbons (Fsp3) is 0.273. The zero-order valence-corrected chi connectivity index (χ0v) is 17.5. The van der Waals surface area contributed by atoms with Crippen LogP contribution in [0.25, 0.3) is 11.4 Å². The van der Waals surface area contributed by atoms with Crippen molar-refractivity contribution in [3.8, 4) is 17.1 Å². The maximum atomic E-state index is 13.0. The van der Waals surface area contributed by atoms with Crippen LogP contribution in [-0.4, -0.2) is 45.2 Å². The van der Waals surface area contributed by atoms with E-state index in [0.29, 0.717) is 11.5 Å². The second-order valence-corrected chi connectivity index (χ2v) is 7.74. The van der Waals surface area contributed by atoms with Crippen LogP contribution < -0.4 is 9.64 Å². The fourth-order valence-corrected chi connectivity index (χ4v) is 3.72. The zero-order chi connectivity index (χ0) is 22.2. The second kappa shape index (κ2) is 7.88. The quantitative estimate of drug-likeness (QED) is 0.550. The summed E-state index contributed by atoms with van der Waals surface area (Å²) in [5.41, 5.74) is 1.27. The van der Waals surface area contributed by atoms with Gasteiger partial charge in [0.15, 0.2) is 12.1 Å². The molecule has 2 aliphatic rings. The Bertz CT molecular complexity index is 1170. The lowest BCUT2D eigenvalue weighted by atomic mass is 10.1. The summed E-state index contributed by atoms with van der Waals surface area (Å²) in [7, 11) is 0. The molecule has 5 rings (SSSR count). The van der Waals surface area contributed by atoms with E-state index in [1.165, 1.54) is 5.01 Å². The van der Waals surface area contributed by atoms with Crippen molar-refractivity contribution in [2.75, 3.05) is 4.90 Å². The summed E-state index contributed by atoms with van der Waals surface area (Å²) >= 11 is 0. The molecule has 3 aromatic rings. The SMILES string of the molecule is CC(C)Oc1ccc(-c2noc(CN3N=N[C@H]4C(=O)N(c5ccccc5)C(=O)[C@@H]43)n2)cc1. The Morgan fingerprint density at radius 2 is 1.78 bits per heavy atom. The summed E-state index contributed by atoms with van der Waals surface area (Å²) < 4.78 is 11.0. The molecule has 1 saturated heterocycles. The fourth-order valence-electron chi connectivity index (χ4n) is 3.72. The van der Waals surface area contributed by atoms with Crippen molar-refractivity contribution in [1.82, 2.24) is 15.1 Å². The highest BCUT2D eigenvalue weighted by molar-refractivity contribution is 6.25. The number of nitrogens with zero attached hydrogens (tertiary/aromatic N) is 6. The van der Waals surface area contributed by atoms with E-state index >= 15 is 0 Å². The Morgan fingerprint density at radius 3 is 2.50 bits per heavy atom. The first-order chi connectivity index (χ1) is 15.5. The topological polar surface area (TPSA) is 113 Å². The van der Waals surface area contributed by atoms with Gasteiger partial charge in [0.05, 0.1) is 11.8 Å². The van der Waals surface area contributed by atoms with Gasteiger partial charge < -0.3 is 9.26 Å².